The molecule has 0 aromatic heterocycles. The number of fused-ring (bicyclic) bond motifs is 1. The van der Waals surface area contributed by atoms with E-state index in [-0.39, 0.29) is 0 Å². The van der Waals surface area contributed by atoms with Crippen LogP contribution in [0, 0.1) is 6.92 Å². The fourth-order valence-corrected chi connectivity index (χ4v) is 4.10. The lowest BCUT2D eigenvalue weighted by molar-refractivity contribution is 0.557. The van der Waals surface area contributed by atoms with Crippen LogP contribution < -0.4 is 5.32 Å². The van der Waals surface area contributed by atoms with Gasteiger partial charge in [0.2, 0.25) is 0 Å². The van der Waals surface area contributed by atoms with Gasteiger partial charge in [-0.05, 0) is 85.2 Å². The van der Waals surface area contributed by atoms with Crippen molar-refractivity contribution in [3.05, 3.63) is 82.4 Å². The monoisotopic (exact) mass is 359 g/mol. The average molecular weight is 360 g/mol. The predicted octanol–water partition coefficient (Wildman–Crippen LogP) is 6.56. The number of aryl methyl sites for hydroxylation is 3. The Balaban J connectivity index is 1.59. The van der Waals surface area contributed by atoms with Crippen LogP contribution in [-0.4, -0.2) is 6.54 Å². The second kappa shape index (κ2) is 9.19. The second-order valence-electron chi connectivity index (χ2n) is 7.65. The molecule has 1 N–H and O–H groups in total. The van der Waals surface area contributed by atoms with E-state index in [1.165, 1.54) is 45.9 Å². The smallest absolute Gasteiger partial charge is 0.0292 e. The zero-order valence-corrected chi connectivity index (χ0v) is 17.3. The fraction of sp³-hybridized carbons (Fsp3) is 0.385. The molecule has 3 aromatic rings. The summed E-state index contributed by atoms with van der Waals surface area (Å²) in [7, 11) is 0. The summed E-state index contributed by atoms with van der Waals surface area (Å²) in [6.45, 7) is 10.1. The van der Waals surface area contributed by atoms with Crippen LogP contribution in [0.1, 0.15) is 61.1 Å². The Morgan fingerprint density at radius 2 is 1.52 bits per heavy atom. The third-order valence-corrected chi connectivity index (χ3v) is 5.67. The van der Waals surface area contributed by atoms with Gasteiger partial charge in [-0.3, -0.25) is 0 Å². The van der Waals surface area contributed by atoms with Gasteiger partial charge in [0.15, 0.2) is 0 Å². The number of hydrogen-bond donors (Lipinski definition) is 1. The Labute approximate surface area is 164 Å². The molecule has 1 unspecified atom stereocenters. The third-order valence-electron chi connectivity index (χ3n) is 5.67. The minimum Gasteiger partial charge on any atom is -0.310 e. The van der Waals surface area contributed by atoms with Gasteiger partial charge in [-0.1, -0.05) is 67.9 Å². The molecule has 0 heterocycles. The molecular formula is C26H33N. The molecule has 0 bridgehead atoms. The lowest BCUT2D eigenvalue weighted by Crippen LogP contribution is -2.20. The zero-order valence-electron chi connectivity index (χ0n) is 17.3. The van der Waals surface area contributed by atoms with Crippen LogP contribution in [0.15, 0.2) is 54.6 Å². The van der Waals surface area contributed by atoms with E-state index >= 15 is 0 Å². The molecule has 0 saturated heterocycles. The van der Waals surface area contributed by atoms with Gasteiger partial charge in [0.1, 0.15) is 0 Å². The van der Waals surface area contributed by atoms with Crippen LogP contribution >= 0.6 is 0 Å². The maximum absolute atomic E-state index is 3.72. The van der Waals surface area contributed by atoms with Crippen molar-refractivity contribution in [1.29, 1.82) is 0 Å². The second-order valence-corrected chi connectivity index (χ2v) is 7.65. The van der Waals surface area contributed by atoms with Crippen LogP contribution in [0.25, 0.3) is 10.8 Å². The lowest BCUT2D eigenvalue weighted by Gasteiger charge is -2.17. The molecule has 0 aliphatic heterocycles. The van der Waals surface area contributed by atoms with E-state index < -0.39 is 0 Å². The van der Waals surface area contributed by atoms with E-state index in [9.17, 15) is 0 Å². The summed E-state index contributed by atoms with van der Waals surface area (Å²) in [4.78, 5) is 0. The summed E-state index contributed by atoms with van der Waals surface area (Å²) in [5, 5.41) is 6.35. The van der Waals surface area contributed by atoms with Crippen molar-refractivity contribution in [3.8, 4) is 0 Å². The highest BCUT2D eigenvalue weighted by Gasteiger charge is 2.09. The van der Waals surface area contributed by atoms with Crippen LogP contribution in [0.5, 0.6) is 0 Å². The van der Waals surface area contributed by atoms with Crippen molar-refractivity contribution in [3.63, 3.8) is 0 Å². The first-order valence-electron chi connectivity index (χ1n) is 10.5. The highest BCUT2D eigenvalue weighted by atomic mass is 14.9. The van der Waals surface area contributed by atoms with Crippen molar-refractivity contribution in [2.24, 2.45) is 0 Å². The van der Waals surface area contributed by atoms with Gasteiger partial charge in [0, 0.05) is 6.04 Å². The lowest BCUT2D eigenvalue weighted by atomic mass is 9.92. The predicted molar refractivity (Wildman–Crippen MR) is 119 cm³/mol. The van der Waals surface area contributed by atoms with Crippen molar-refractivity contribution < 1.29 is 0 Å². The van der Waals surface area contributed by atoms with Crippen molar-refractivity contribution in [2.75, 3.05) is 6.54 Å². The van der Waals surface area contributed by atoms with E-state index in [2.05, 4.69) is 87.6 Å². The quantitative estimate of drug-likeness (QED) is 0.449. The number of benzene rings is 3. The molecule has 0 fully saturated rings. The van der Waals surface area contributed by atoms with E-state index in [0.29, 0.717) is 6.04 Å². The molecule has 0 spiro atoms. The highest BCUT2D eigenvalue weighted by molar-refractivity contribution is 5.83. The first-order chi connectivity index (χ1) is 13.1. The molecule has 1 atom stereocenters. The standard InChI is InChI=1S/C26H33N/c1-5-21-16-19(3)17-22(6-2)26(21)12-9-15-27-20(4)24-14-13-23-10-7-8-11-25(23)18-24/h7-8,10-11,13-14,16-18,20,27H,5-6,9,12,15H2,1-4H3. The van der Waals surface area contributed by atoms with Crippen LogP contribution in [0.4, 0.5) is 0 Å². The van der Waals surface area contributed by atoms with Gasteiger partial charge in [-0.15, -0.1) is 0 Å². The maximum atomic E-state index is 3.72. The zero-order chi connectivity index (χ0) is 19.2. The van der Waals surface area contributed by atoms with Gasteiger partial charge in [-0.2, -0.15) is 0 Å². The van der Waals surface area contributed by atoms with Crippen molar-refractivity contribution >= 4 is 10.8 Å². The van der Waals surface area contributed by atoms with Crippen LogP contribution in [0.3, 0.4) is 0 Å². The molecule has 0 aliphatic rings. The molecular weight excluding hydrogens is 326 g/mol. The largest absolute Gasteiger partial charge is 0.310 e. The summed E-state index contributed by atoms with van der Waals surface area (Å²) in [5.41, 5.74) is 7.43. The topological polar surface area (TPSA) is 12.0 Å². The molecule has 0 aliphatic carbocycles. The van der Waals surface area contributed by atoms with Gasteiger partial charge in [0.05, 0.1) is 0 Å². The Bertz CT molecular complexity index is 869. The van der Waals surface area contributed by atoms with E-state index in [1.54, 1.807) is 5.56 Å². The summed E-state index contributed by atoms with van der Waals surface area (Å²) in [6, 6.07) is 20.5. The minimum atomic E-state index is 0.379. The summed E-state index contributed by atoms with van der Waals surface area (Å²) in [5.74, 6) is 0. The summed E-state index contributed by atoms with van der Waals surface area (Å²) >= 11 is 0. The molecule has 1 heteroatoms. The first-order valence-corrected chi connectivity index (χ1v) is 10.5. The van der Waals surface area contributed by atoms with Gasteiger partial charge in [0.25, 0.3) is 0 Å². The van der Waals surface area contributed by atoms with E-state index in [1.807, 2.05) is 0 Å². The molecule has 27 heavy (non-hydrogen) atoms. The molecule has 0 radical (unpaired) electrons. The fourth-order valence-electron chi connectivity index (χ4n) is 4.10. The van der Waals surface area contributed by atoms with E-state index in [0.717, 1.165) is 19.4 Å². The van der Waals surface area contributed by atoms with Gasteiger partial charge >= 0.3 is 0 Å². The Hall–Kier alpha value is -2.12. The van der Waals surface area contributed by atoms with Gasteiger partial charge in [-0.25, -0.2) is 0 Å². The number of nitrogens with one attached hydrogen (secondary N) is 1. The molecule has 3 rings (SSSR count). The molecule has 0 amide bonds. The third kappa shape index (κ3) is 4.78. The molecule has 1 nitrogen and oxygen atoms in total. The first kappa shape index (κ1) is 19.6. The van der Waals surface area contributed by atoms with Crippen LogP contribution in [-0.2, 0) is 19.3 Å². The van der Waals surface area contributed by atoms with E-state index in [4.69, 9.17) is 0 Å². The normalized spacial score (nSPS) is 12.4. The van der Waals surface area contributed by atoms with Gasteiger partial charge < -0.3 is 5.32 Å². The molecule has 142 valence electrons. The summed E-state index contributed by atoms with van der Waals surface area (Å²) in [6.07, 6.45) is 4.61. The maximum Gasteiger partial charge on any atom is 0.0292 e. The Morgan fingerprint density at radius 1 is 0.852 bits per heavy atom. The number of hydrogen-bond acceptors (Lipinski definition) is 1. The summed E-state index contributed by atoms with van der Waals surface area (Å²) < 4.78 is 0. The molecule has 0 saturated carbocycles. The SMILES string of the molecule is CCc1cc(C)cc(CC)c1CCCNC(C)c1ccc2ccccc2c1. The van der Waals surface area contributed by atoms with Crippen molar-refractivity contribution in [1.82, 2.24) is 5.32 Å². The Kier molecular flexibility index (Phi) is 6.68. The van der Waals surface area contributed by atoms with Crippen molar-refractivity contribution in [2.45, 2.75) is 59.4 Å². The number of rotatable bonds is 8. The molecule has 3 aromatic carbocycles. The highest BCUT2D eigenvalue weighted by Crippen LogP contribution is 2.22. The minimum absolute atomic E-state index is 0.379. The average Bonchev–Trinajstić information content (AvgIpc) is 2.70. The van der Waals surface area contributed by atoms with Crippen LogP contribution in [0.2, 0.25) is 0 Å². The Morgan fingerprint density at radius 3 is 2.19 bits per heavy atom.